The molecule has 1 aromatic rings. The molecule has 0 amide bonds. The Bertz CT molecular complexity index is 403. The van der Waals surface area contributed by atoms with Crippen LogP contribution in [0.4, 0.5) is 4.39 Å². The van der Waals surface area contributed by atoms with Crippen LogP contribution < -0.4 is 9.47 Å². The van der Waals surface area contributed by atoms with Crippen LogP contribution in [0.5, 0.6) is 11.5 Å². The lowest BCUT2D eigenvalue weighted by Gasteiger charge is -2.23. The van der Waals surface area contributed by atoms with Crippen molar-refractivity contribution in [3.05, 3.63) is 23.5 Å². The Hall–Kier alpha value is -1.58. The Balaban J connectivity index is 2.44. The van der Waals surface area contributed by atoms with Gasteiger partial charge in [0.05, 0.1) is 0 Å². The van der Waals surface area contributed by atoms with E-state index in [1.165, 1.54) is 6.07 Å². The third-order valence-electron chi connectivity index (χ3n) is 2.64. The van der Waals surface area contributed by atoms with Crippen LogP contribution in [0.3, 0.4) is 0 Å². The Morgan fingerprint density at radius 2 is 2.19 bits per heavy atom. The first kappa shape index (κ1) is 10.9. The summed E-state index contributed by atoms with van der Waals surface area (Å²) < 4.78 is 24.5. The minimum atomic E-state index is -0.349. The standard InChI is InChI=1S/C12H13FO3/c1-8(4-5-14)11-9(13)2-3-10-12(11)16-7-6-15-10/h2-3,5,8H,4,6-7H2,1H3. The summed E-state index contributed by atoms with van der Waals surface area (Å²) in [5.41, 5.74) is 0.435. The van der Waals surface area contributed by atoms with Gasteiger partial charge in [-0.1, -0.05) is 6.92 Å². The molecule has 1 heterocycles. The number of fused-ring (bicyclic) bond motifs is 1. The predicted molar refractivity (Wildman–Crippen MR) is 56.5 cm³/mol. The molecule has 0 aliphatic carbocycles. The van der Waals surface area contributed by atoms with E-state index in [2.05, 4.69) is 0 Å². The normalized spacial score (nSPS) is 15.6. The van der Waals surface area contributed by atoms with Gasteiger partial charge in [0.15, 0.2) is 11.5 Å². The lowest BCUT2D eigenvalue weighted by Crippen LogP contribution is -2.18. The van der Waals surface area contributed by atoms with Gasteiger partial charge in [0.1, 0.15) is 25.3 Å². The van der Waals surface area contributed by atoms with E-state index in [9.17, 15) is 9.18 Å². The van der Waals surface area contributed by atoms with Crippen LogP contribution in [0.15, 0.2) is 12.1 Å². The van der Waals surface area contributed by atoms with Gasteiger partial charge in [0.2, 0.25) is 0 Å². The van der Waals surface area contributed by atoms with E-state index < -0.39 is 0 Å². The number of halogens is 1. The van der Waals surface area contributed by atoms with E-state index in [1.54, 1.807) is 13.0 Å². The largest absolute Gasteiger partial charge is 0.486 e. The molecule has 0 bridgehead atoms. The number of carbonyl (C=O) groups is 1. The lowest BCUT2D eigenvalue weighted by atomic mass is 9.96. The van der Waals surface area contributed by atoms with Gasteiger partial charge >= 0.3 is 0 Å². The molecule has 1 aliphatic heterocycles. The number of ether oxygens (including phenoxy) is 2. The first-order valence-corrected chi connectivity index (χ1v) is 5.25. The Kier molecular flexibility index (Phi) is 3.08. The Labute approximate surface area is 93.2 Å². The van der Waals surface area contributed by atoms with Crippen LogP contribution in [0.2, 0.25) is 0 Å². The second-order valence-electron chi connectivity index (χ2n) is 3.79. The maximum Gasteiger partial charge on any atom is 0.167 e. The number of rotatable bonds is 3. The van der Waals surface area contributed by atoms with Crippen molar-refractivity contribution in [2.75, 3.05) is 13.2 Å². The second kappa shape index (κ2) is 4.51. The lowest BCUT2D eigenvalue weighted by molar-refractivity contribution is -0.108. The first-order valence-electron chi connectivity index (χ1n) is 5.25. The van der Waals surface area contributed by atoms with E-state index >= 15 is 0 Å². The van der Waals surface area contributed by atoms with E-state index in [1.807, 2.05) is 0 Å². The average molecular weight is 224 g/mol. The quantitative estimate of drug-likeness (QED) is 0.739. The highest BCUT2D eigenvalue weighted by molar-refractivity contribution is 5.55. The summed E-state index contributed by atoms with van der Waals surface area (Å²) >= 11 is 0. The fourth-order valence-corrected chi connectivity index (χ4v) is 1.83. The average Bonchev–Trinajstić information content (AvgIpc) is 2.29. The topological polar surface area (TPSA) is 35.5 Å². The van der Waals surface area contributed by atoms with Gasteiger partial charge in [-0.3, -0.25) is 0 Å². The molecule has 86 valence electrons. The molecule has 1 aliphatic rings. The summed E-state index contributed by atoms with van der Waals surface area (Å²) in [4.78, 5) is 10.5. The Morgan fingerprint density at radius 1 is 1.44 bits per heavy atom. The smallest absolute Gasteiger partial charge is 0.167 e. The van der Waals surface area contributed by atoms with Crippen molar-refractivity contribution >= 4 is 6.29 Å². The van der Waals surface area contributed by atoms with Gasteiger partial charge < -0.3 is 14.3 Å². The van der Waals surface area contributed by atoms with Gasteiger partial charge in [-0.25, -0.2) is 4.39 Å². The van der Waals surface area contributed by atoms with Crippen LogP contribution in [-0.4, -0.2) is 19.5 Å². The molecule has 0 aromatic heterocycles. The SMILES string of the molecule is CC(CC=O)c1c(F)ccc2c1OCCO2. The number of carbonyl (C=O) groups excluding carboxylic acids is 1. The maximum absolute atomic E-state index is 13.7. The molecule has 0 saturated heterocycles. The molecule has 0 radical (unpaired) electrons. The minimum Gasteiger partial charge on any atom is -0.486 e. The molecule has 0 spiro atoms. The van der Waals surface area contributed by atoms with Crippen molar-refractivity contribution in [1.29, 1.82) is 0 Å². The van der Waals surface area contributed by atoms with E-state index in [4.69, 9.17) is 9.47 Å². The highest BCUT2D eigenvalue weighted by Crippen LogP contribution is 2.40. The molecule has 0 N–H and O–H groups in total. The molecule has 1 atom stereocenters. The van der Waals surface area contributed by atoms with Crippen molar-refractivity contribution in [3.63, 3.8) is 0 Å². The van der Waals surface area contributed by atoms with Crippen molar-refractivity contribution in [3.8, 4) is 11.5 Å². The van der Waals surface area contributed by atoms with Gasteiger partial charge in [0.25, 0.3) is 0 Å². The highest BCUT2D eigenvalue weighted by atomic mass is 19.1. The maximum atomic E-state index is 13.7. The van der Waals surface area contributed by atoms with E-state index in [0.29, 0.717) is 30.3 Å². The summed E-state index contributed by atoms with van der Waals surface area (Å²) in [7, 11) is 0. The summed E-state index contributed by atoms with van der Waals surface area (Å²) in [5.74, 6) is 0.453. The monoisotopic (exact) mass is 224 g/mol. The summed E-state index contributed by atoms with van der Waals surface area (Å²) in [6.07, 6.45) is 1.06. The van der Waals surface area contributed by atoms with Crippen molar-refractivity contribution in [2.45, 2.75) is 19.3 Å². The molecule has 0 fully saturated rings. The van der Waals surface area contributed by atoms with Crippen LogP contribution in [-0.2, 0) is 4.79 Å². The van der Waals surface area contributed by atoms with Gasteiger partial charge in [0, 0.05) is 12.0 Å². The fraction of sp³-hybridized carbons (Fsp3) is 0.417. The van der Waals surface area contributed by atoms with Crippen LogP contribution in [0.25, 0.3) is 0 Å². The summed E-state index contributed by atoms with van der Waals surface area (Å²) in [5, 5.41) is 0. The molecule has 4 heteroatoms. The zero-order valence-electron chi connectivity index (χ0n) is 9.03. The third kappa shape index (κ3) is 1.87. The van der Waals surface area contributed by atoms with Gasteiger partial charge in [-0.2, -0.15) is 0 Å². The Morgan fingerprint density at radius 3 is 2.94 bits per heavy atom. The predicted octanol–water partition coefficient (Wildman–Crippen LogP) is 2.29. The van der Waals surface area contributed by atoms with Crippen LogP contribution >= 0.6 is 0 Å². The number of hydrogen-bond donors (Lipinski definition) is 0. The van der Waals surface area contributed by atoms with Crippen molar-refractivity contribution in [2.24, 2.45) is 0 Å². The first-order chi connectivity index (χ1) is 7.74. The van der Waals surface area contributed by atoms with E-state index in [0.717, 1.165) is 6.29 Å². The summed E-state index contributed by atoms with van der Waals surface area (Å²) in [6, 6.07) is 2.91. The molecular formula is C12H13FO3. The molecule has 1 unspecified atom stereocenters. The number of benzene rings is 1. The fourth-order valence-electron chi connectivity index (χ4n) is 1.83. The van der Waals surface area contributed by atoms with Crippen LogP contribution in [0, 0.1) is 5.82 Å². The summed E-state index contributed by atoms with van der Waals surface area (Å²) in [6.45, 7) is 2.68. The molecule has 0 saturated carbocycles. The number of aldehydes is 1. The second-order valence-corrected chi connectivity index (χ2v) is 3.79. The third-order valence-corrected chi connectivity index (χ3v) is 2.64. The molecule has 16 heavy (non-hydrogen) atoms. The number of hydrogen-bond acceptors (Lipinski definition) is 3. The highest BCUT2D eigenvalue weighted by Gasteiger charge is 2.23. The van der Waals surface area contributed by atoms with Crippen LogP contribution in [0.1, 0.15) is 24.8 Å². The zero-order valence-corrected chi connectivity index (χ0v) is 9.03. The van der Waals surface area contributed by atoms with Gasteiger partial charge in [-0.05, 0) is 18.1 Å². The molecule has 1 aromatic carbocycles. The van der Waals surface area contributed by atoms with Gasteiger partial charge in [-0.15, -0.1) is 0 Å². The molecular weight excluding hydrogens is 211 g/mol. The molecule has 2 rings (SSSR count). The zero-order chi connectivity index (χ0) is 11.5. The van der Waals surface area contributed by atoms with Crippen molar-refractivity contribution in [1.82, 2.24) is 0 Å². The minimum absolute atomic E-state index is 0.200. The molecule has 3 nitrogen and oxygen atoms in total. The van der Waals surface area contributed by atoms with Crippen molar-refractivity contribution < 1.29 is 18.7 Å². The van der Waals surface area contributed by atoms with E-state index in [-0.39, 0.29) is 18.2 Å².